The molecule has 3 heterocycles. The lowest BCUT2D eigenvalue weighted by molar-refractivity contribution is 1.37. The molecule has 0 amide bonds. The molecule has 40 heavy (non-hydrogen) atoms. The smallest absolute Gasteiger partial charge is 0.0716 e. The quantitative estimate of drug-likeness (QED) is 0.238. The van der Waals surface area contributed by atoms with Crippen LogP contribution in [0.4, 0.5) is 0 Å². The van der Waals surface area contributed by atoms with Crippen molar-refractivity contribution in [3.05, 3.63) is 140 Å². The monoisotopic (exact) mass is 509 g/mol. The van der Waals surface area contributed by atoms with E-state index in [2.05, 4.69) is 120 Å². The van der Waals surface area contributed by atoms with Gasteiger partial charge in [-0.05, 0) is 64.4 Å². The van der Waals surface area contributed by atoms with Gasteiger partial charge in [0.1, 0.15) is 0 Å². The second kappa shape index (κ2) is 9.11. The molecule has 0 bridgehead atoms. The Labute approximate surface area is 231 Å². The summed E-state index contributed by atoms with van der Waals surface area (Å²) in [5.74, 6) is 0. The number of fused-ring (bicyclic) bond motifs is 4. The van der Waals surface area contributed by atoms with Crippen LogP contribution in [0.2, 0.25) is 0 Å². The maximum atomic E-state index is 5.09. The largest absolute Gasteiger partial charge is 0.256 e. The first kappa shape index (κ1) is 22.6. The molecule has 8 aromatic rings. The van der Waals surface area contributed by atoms with Crippen LogP contribution in [-0.4, -0.2) is 15.0 Å². The molecule has 0 aliphatic carbocycles. The van der Waals surface area contributed by atoms with E-state index in [1.165, 1.54) is 16.3 Å². The van der Waals surface area contributed by atoms with E-state index in [4.69, 9.17) is 9.97 Å². The van der Waals surface area contributed by atoms with Crippen LogP contribution in [0.25, 0.3) is 77.1 Å². The van der Waals surface area contributed by atoms with Crippen molar-refractivity contribution in [3.63, 3.8) is 0 Å². The Morgan fingerprint density at radius 3 is 1.88 bits per heavy atom. The second-order valence-corrected chi connectivity index (χ2v) is 10.1. The Kier molecular flexibility index (Phi) is 5.14. The first-order chi connectivity index (χ1) is 19.8. The zero-order valence-corrected chi connectivity index (χ0v) is 21.6. The third-order valence-corrected chi connectivity index (χ3v) is 7.68. The van der Waals surface area contributed by atoms with Crippen LogP contribution < -0.4 is 0 Å². The average Bonchev–Trinajstić information content (AvgIpc) is 3.03. The molecular weight excluding hydrogens is 486 g/mol. The summed E-state index contributed by atoms with van der Waals surface area (Å²) >= 11 is 0. The summed E-state index contributed by atoms with van der Waals surface area (Å²) in [6.07, 6.45) is 1.83. The van der Waals surface area contributed by atoms with Gasteiger partial charge in [-0.2, -0.15) is 0 Å². The number of hydrogen-bond acceptors (Lipinski definition) is 3. The Hall–Kier alpha value is -5.41. The highest BCUT2D eigenvalue weighted by molar-refractivity contribution is 5.96. The van der Waals surface area contributed by atoms with E-state index in [1.54, 1.807) is 0 Å². The molecular formula is C37H23N3. The van der Waals surface area contributed by atoms with Gasteiger partial charge in [-0.3, -0.25) is 4.98 Å². The van der Waals surface area contributed by atoms with E-state index in [0.717, 1.165) is 60.8 Å². The SMILES string of the molecule is c1ccc2cc(-c3ccc4ccc(-c5ccc6ccc(-c7cccc8ncccc78)nc6c5)nc4c3)ccc2c1. The summed E-state index contributed by atoms with van der Waals surface area (Å²) in [6, 6.07) is 46.8. The predicted molar refractivity (Wildman–Crippen MR) is 166 cm³/mol. The second-order valence-electron chi connectivity index (χ2n) is 10.1. The summed E-state index contributed by atoms with van der Waals surface area (Å²) in [5.41, 5.74) is 9.27. The first-order valence-corrected chi connectivity index (χ1v) is 13.4. The number of hydrogen-bond donors (Lipinski definition) is 0. The van der Waals surface area contributed by atoms with Crippen LogP contribution >= 0.6 is 0 Å². The highest BCUT2D eigenvalue weighted by atomic mass is 14.7. The number of aromatic nitrogens is 3. The maximum absolute atomic E-state index is 5.09. The molecule has 8 rings (SSSR count). The zero-order valence-electron chi connectivity index (χ0n) is 21.6. The number of pyridine rings is 3. The molecule has 5 aromatic carbocycles. The third kappa shape index (κ3) is 3.88. The van der Waals surface area contributed by atoms with Crippen molar-refractivity contribution in [2.75, 3.05) is 0 Å². The standard InChI is InChI=1S/C37H23N3/c1-2-6-27-21-28(13-10-24(27)5-1)29-14-11-25-16-18-33(39-36(25)22-29)30-15-12-26-17-19-35(40-37(26)23-30)32-7-3-9-34-31(32)8-4-20-38-34/h1-23H. The molecule has 3 aromatic heterocycles. The van der Waals surface area contributed by atoms with Crippen LogP contribution in [-0.2, 0) is 0 Å². The van der Waals surface area contributed by atoms with Gasteiger partial charge in [-0.1, -0.05) is 91.0 Å². The molecule has 0 unspecified atom stereocenters. The van der Waals surface area contributed by atoms with Gasteiger partial charge in [0, 0.05) is 33.5 Å². The van der Waals surface area contributed by atoms with Crippen molar-refractivity contribution in [2.45, 2.75) is 0 Å². The van der Waals surface area contributed by atoms with Crippen molar-refractivity contribution in [1.29, 1.82) is 0 Å². The molecule has 0 fully saturated rings. The lowest BCUT2D eigenvalue weighted by Crippen LogP contribution is -1.90. The minimum absolute atomic E-state index is 0.937. The van der Waals surface area contributed by atoms with Crippen molar-refractivity contribution >= 4 is 43.5 Å². The van der Waals surface area contributed by atoms with E-state index in [1.807, 2.05) is 24.4 Å². The Morgan fingerprint density at radius 1 is 0.375 bits per heavy atom. The van der Waals surface area contributed by atoms with E-state index in [9.17, 15) is 0 Å². The van der Waals surface area contributed by atoms with Crippen molar-refractivity contribution < 1.29 is 0 Å². The summed E-state index contributed by atoms with van der Waals surface area (Å²) < 4.78 is 0. The van der Waals surface area contributed by atoms with Gasteiger partial charge in [0.15, 0.2) is 0 Å². The van der Waals surface area contributed by atoms with Crippen LogP contribution in [0.15, 0.2) is 140 Å². The summed E-state index contributed by atoms with van der Waals surface area (Å²) in [5, 5.41) is 5.82. The maximum Gasteiger partial charge on any atom is 0.0716 e. The molecule has 0 radical (unpaired) electrons. The van der Waals surface area contributed by atoms with Gasteiger partial charge in [0.2, 0.25) is 0 Å². The fraction of sp³-hybridized carbons (Fsp3) is 0. The molecule has 0 saturated carbocycles. The first-order valence-electron chi connectivity index (χ1n) is 13.4. The average molecular weight is 510 g/mol. The van der Waals surface area contributed by atoms with Gasteiger partial charge in [0.05, 0.1) is 27.9 Å². The molecule has 0 atom stereocenters. The fourth-order valence-corrected chi connectivity index (χ4v) is 5.58. The van der Waals surface area contributed by atoms with Crippen LogP contribution in [0.5, 0.6) is 0 Å². The Morgan fingerprint density at radius 2 is 1.02 bits per heavy atom. The Balaban J connectivity index is 1.20. The topological polar surface area (TPSA) is 38.7 Å². The van der Waals surface area contributed by atoms with Crippen molar-refractivity contribution in [1.82, 2.24) is 15.0 Å². The zero-order chi connectivity index (χ0) is 26.5. The number of nitrogens with zero attached hydrogens (tertiary/aromatic N) is 3. The fourth-order valence-electron chi connectivity index (χ4n) is 5.58. The summed E-state index contributed by atoms with van der Waals surface area (Å²) in [7, 11) is 0. The van der Waals surface area contributed by atoms with Crippen LogP contribution in [0.1, 0.15) is 0 Å². The van der Waals surface area contributed by atoms with Crippen molar-refractivity contribution in [2.24, 2.45) is 0 Å². The molecule has 3 heteroatoms. The minimum Gasteiger partial charge on any atom is -0.256 e. The van der Waals surface area contributed by atoms with E-state index in [-0.39, 0.29) is 0 Å². The number of benzene rings is 5. The lowest BCUT2D eigenvalue weighted by atomic mass is 9.99. The number of rotatable bonds is 3. The molecule has 186 valence electrons. The van der Waals surface area contributed by atoms with Gasteiger partial charge < -0.3 is 0 Å². The molecule has 0 N–H and O–H groups in total. The summed E-state index contributed by atoms with van der Waals surface area (Å²) in [4.78, 5) is 14.7. The van der Waals surface area contributed by atoms with Gasteiger partial charge >= 0.3 is 0 Å². The molecule has 0 saturated heterocycles. The molecule has 3 nitrogen and oxygen atoms in total. The minimum atomic E-state index is 0.937. The lowest BCUT2D eigenvalue weighted by Gasteiger charge is -2.09. The third-order valence-electron chi connectivity index (χ3n) is 7.68. The van der Waals surface area contributed by atoms with Crippen LogP contribution in [0.3, 0.4) is 0 Å². The van der Waals surface area contributed by atoms with Gasteiger partial charge in [-0.15, -0.1) is 0 Å². The highest BCUT2D eigenvalue weighted by Crippen LogP contribution is 2.31. The van der Waals surface area contributed by atoms with Crippen LogP contribution in [0, 0.1) is 0 Å². The van der Waals surface area contributed by atoms with E-state index < -0.39 is 0 Å². The summed E-state index contributed by atoms with van der Waals surface area (Å²) in [6.45, 7) is 0. The van der Waals surface area contributed by atoms with Crippen molar-refractivity contribution in [3.8, 4) is 33.6 Å². The molecule has 0 aliphatic heterocycles. The molecule has 0 aliphatic rings. The highest BCUT2D eigenvalue weighted by Gasteiger charge is 2.09. The predicted octanol–water partition coefficient (Wildman–Crippen LogP) is 9.49. The Bertz CT molecular complexity index is 2230. The van der Waals surface area contributed by atoms with Gasteiger partial charge in [0.25, 0.3) is 0 Å². The molecule has 0 spiro atoms. The van der Waals surface area contributed by atoms with E-state index >= 15 is 0 Å². The van der Waals surface area contributed by atoms with Gasteiger partial charge in [-0.25, -0.2) is 9.97 Å². The normalized spacial score (nSPS) is 11.5. The van der Waals surface area contributed by atoms with E-state index in [0.29, 0.717) is 0 Å².